The second-order valence-corrected chi connectivity index (χ2v) is 4.84. The number of hydrogen-bond donors (Lipinski definition) is 1. The molecule has 1 atom stereocenters. The van der Waals surface area contributed by atoms with E-state index in [4.69, 9.17) is 0 Å². The minimum atomic E-state index is -0.586. The van der Waals surface area contributed by atoms with Crippen LogP contribution in [0.2, 0.25) is 0 Å². The van der Waals surface area contributed by atoms with Gasteiger partial charge in [-0.05, 0) is 35.2 Å². The van der Waals surface area contributed by atoms with Gasteiger partial charge < -0.3 is 5.11 Å². The number of halogens is 1. The Hall–Kier alpha value is -1.67. The Morgan fingerprint density at radius 3 is 2.42 bits per heavy atom. The summed E-state index contributed by atoms with van der Waals surface area (Å²) in [5, 5.41) is 10.2. The standard InChI is InChI=1S/C17H19FO/c1-2-4-13-7-9-15(10-8-13)17(19)12-14-5-3-6-16(18)11-14/h3,5-11,17,19H,2,4,12H2,1H3. The second kappa shape index (κ2) is 6.48. The van der Waals surface area contributed by atoms with Crippen molar-refractivity contribution in [3.63, 3.8) is 0 Å². The molecule has 0 aromatic heterocycles. The third kappa shape index (κ3) is 3.90. The zero-order chi connectivity index (χ0) is 13.7. The zero-order valence-electron chi connectivity index (χ0n) is 11.1. The topological polar surface area (TPSA) is 20.2 Å². The normalized spacial score (nSPS) is 12.4. The molecule has 0 heterocycles. The molecule has 1 unspecified atom stereocenters. The molecule has 0 aliphatic heterocycles. The zero-order valence-corrected chi connectivity index (χ0v) is 11.1. The van der Waals surface area contributed by atoms with Gasteiger partial charge in [0.15, 0.2) is 0 Å². The van der Waals surface area contributed by atoms with Crippen molar-refractivity contribution in [1.29, 1.82) is 0 Å². The van der Waals surface area contributed by atoms with E-state index in [9.17, 15) is 9.50 Å². The van der Waals surface area contributed by atoms with Crippen LogP contribution in [0.3, 0.4) is 0 Å². The van der Waals surface area contributed by atoms with E-state index in [1.54, 1.807) is 6.07 Å². The maximum absolute atomic E-state index is 13.1. The van der Waals surface area contributed by atoms with Crippen LogP contribution in [0.4, 0.5) is 4.39 Å². The van der Waals surface area contributed by atoms with Crippen molar-refractivity contribution < 1.29 is 9.50 Å². The molecule has 0 aliphatic rings. The molecule has 0 saturated carbocycles. The van der Waals surface area contributed by atoms with E-state index < -0.39 is 6.10 Å². The van der Waals surface area contributed by atoms with Crippen LogP contribution in [0.5, 0.6) is 0 Å². The first-order valence-corrected chi connectivity index (χ1v) is 6.70. The Bertz CT molecular complexity index is 519. The number of aryl methyl sites for hydroxylation is 1. The lowest BCUT2D eigenvalue weighted by molar-refractivity contribution is 0.178. The maximum Gasteiger partial charge on any atom is 0.123 e. The summed E-state index contributed by atoms with van der Waals surface area (Å²) in [6.45, 7) is 2.15. The summed E-state index contributed by atoms with van der Waals surface area (Å²) in [5.74, 6) is -0.261. The molecule has 2 aromatic rings. The van der Waals surface area contributed by atoms with Crippen LogP contribution in [-0.4, -0.2) is 5.11 Å². The van der Waals surface area contributed by atoms with Gasteiger partial charge >= 0.3 is 0 Å². The summed E-state index contributed by atoms with van der Waals surface area (Å²) >= 11 is 0. The van der Waals surface area contributed by atoms with E-state index in [0.29, 0.717) is 6.42 Å². The third-order valence-electron chi connectivity index (χ3n) is 3.22. The van der Waals surface area contributed by atoms with Crippen molar-refractivity contribution in [3.05, 3.63) is 71.0 Å². The molecule has 0 bridgehead atoms. The Morgan fingerprint density at radius 1 is 1.05 bits per heavy atom. The van der Waals surface area contributed by atoms with Crippen LogP contribution < -0.4 is 0 Å². The van der Waals surface area contributed by atoms with Gasteiger partial charge in [0.05, 0.1) is 6.10 Å². The molecule has 0 aliphatic carbocycles. The van der Waals surface area contributed by atoms with Crippen molar-refractivity contribution in [2.24, 2.45) is 0 Å². The van der Waals surface area contributed by atoms with Gasteiger partial charge in [-0.2, -0.15) is 0 Å². The van der Waals surface area contributed by atoms with Gasteiger partial charge in [-0.3, -0.25) is 0 Å². The van der Waals surface area contributed by atoms with Crippen molar-refractivity contribution >= 4 is 0 Å². The van der Waals surface area contributed by atoms with Crippen LogP contribution in [0.15, 0.2) is 48.5 Å². The van der Waals surface area contributed by atoms with E-state index in [0.717, 1.165) is 24.0 Å². The fourth-order valence-corrected chi connectivity index (χ4v) is 2.20. The van der Waals surface area contributed by atoms with Crippen LogP contribution in [-0.2, 0) is 12.8 Å². The van der Waals surface area contributed by atoms with Gasteiger partial charge in [0.25, 0.3) is 0 Å². The largest absolute Gasteiger partial charge is 0.388 e. The average Bonchev–Trinajstić information content (AvgIpc) is 2.40. The number of hydrogen-bond acceptors (Lipinski definition) is 1. The Labute approximate surface area is 113 Å². The molecule has 1 nitrogen and oxygen atoms in total. The molecule has 2 heteroatoms. The molecule has 1 N–H and O–H groups in total. The summed E-state index contributed by atoms with van der Waals surface area (Å²) < 4.78 is 13.1. The summed E-state index contributed by atoms with van der Waals surface area (Å²) in [6.07, 6.45) is 2.02. The van der Waals surface area contributed by atoms with Gasteiger partial charge in [0.1, 0.15) is 5.82 Å². The molecule has 100 valence electrons. The predicted octanol–water partition coefficient (Wildman–Crippen LogP) is 4.05. The molecular weight excluding hydrogens is 239 g/mol. The highest BCUT2D eigenvalue weighted by Gasteiger charge is 2.09. The number of aliphatic hydroxyl groups is 1. The summed E-state index contributed by atoms with van der Waals surface area (Å²) in [4.78, 5) is 0. The van der Waals surface area contributed by atoms with E-state index in [2.05, 4.69) is 6.92 Å². The third-order valence-corrected chi connectivity index (χ3v) is 3.22. The number of aliphatic hydroxyl groups excluding tert-OH is 1. The van der Waals surface area contributed by atoms with Crippen molar-refractivity contribution in [2.75, 3.05) is 0 Å². The van der Waals surface area contributed by atoms with E-state index in [-0.39, 0.29) is 5.82 Å². The van der Waals surface area contributed by atoms with Gasteiger partial charge in [-0.25, -0.2) is 4.39 Å². The van der Waals surface area contributed by atoms with E-state index >= 15 is 0 Å². The Balaban J connectivity index is 2.05. The lowest BCUT2D eigenvalue weighted by Gasteiger charge is -2.12. The Morgan fingerprint density at radius 2 is 1.79 bits per heavy atom. The highest BCUT2D eigenvalue weighted by atomic mass is 19.1. The first-order chi connectivity index (χ1) is 9.19. The highest BCUT2D eigenvalue weighted by molar-refractivity contribution is 5.26. The first kappa shape index (κ1) is 13.8. The van der Waals surface area contributed by atoms with Crippen molar-refractivity contribution in [3.8, 4) is 0 Å². The summed E-state index contributed by atoms with van der Waals surface area (Å²) in [5.41, 5.74) is 2.97. The predicted molar refractivity (Wildman–Crippen MR) is 75.5 cm³/mol. The SMILES string of the molecule is CCCc1ccc(C(O)Cc2cccc(F)c2)cc1. The highest BCUT2D eigenvalue weighted by Crippen LogP contribution is 2.19. The van der Waals surface area contributed by atoms with Crippen LogP contribution in [0, 0.1) is 5.82 Å². The fraction of sp³-hybridized carbons (Fsp3) is 0.294. The average molecular weight is 258 g/mol. The van der Waals surface area contributed by atoms with Crippen LogP contribution in [0.25, 0.3) is 0 Å². The molecule has 2 aromatic carbocycles. The molecule has 0 saturated heterocycles. The Kier molecular flexibility index (Phi) is 4.69. The molecule has 0 amide bonds. The van der Waals surface area contributed by atoms with E-state index in [1.165, 1.54) is 17.7 Å². The molecule has 0 spiro atoms. The van der Waals surface area contributed by atoms with Crippen molar-refractivity contribution in [1.82, 2.24) is 0 Å². The van der Waals surface area contributed by atoms with E-state index in [1.807, 2.05) is 30.3 Å². The van der Waals surface area contributed by atoms with Gasteiger partial charge in [0.2, 0.25) is 0 Å². The quantitative estimate of drug-likeness (QED) is 0.857. The minimum Gasteiger partial charge on any atom is -0.388 e. The summed E-state index contributed by atoms with van der Waals surface area (Å²) in [6, 6.07) is 14.4. The molecular formula is C17H19FO. The first-order valence-electron chi connectivity index (χ1n) is 6.70. The minimum absolute atomic E-state index is 0.261. The van der Waals surface area contributed by atoms with Crippen molar-refractivity contribution in [2.45, 2.75) is 32.3 Å². The maximum atomic E-state index is 13.1. The van der Waals surface area contributed by atoms with Crippen LogP contribution in [0.1, 0.15) is 36.1 Å². The monoisotopic (exact) mass is 258 g/mol. The lowest BCUT2D eigenvalue weighted by atomic mass is 9.99. The van der Waals surface area contributed by atoms with Gasteiger partial charge in [-0.15, -0.1) is 0 Å². The molecule has 0 fully saturated rings. The molecule has 2 rings (SSSR count). The smallest absolute Gasteiger partial charge is 0.123 e. The second-order valence-electron chi connectivity index (χ2n) is 4.84. The van der Waals surface area contributed by atoms with Crippen LogP contribution >= 0.6 is 0 Å². The fourth-order valence-electron chi connectivity index (χ4n) is 2.20. The summed E-state index contributed by atoms with van der Waals surface area (Å²) in [7, 11) is 0. The van der Waals surface area contributed by atoms with Gasteiger partial charge in [0, 0.05) is 6.42 Å². The molecule has 0 radical (unpaired) electrons. The number of benzene rings is 2. The lowest BCUT2D eigenvalue weighted by Crippen LogP contribution is -2.02. The number of rotatable bonds is 5. The molecule has 19 heavy (non-hydrogen) atoms. The van der Waals surface area contributed by atoms with Gasteiger partial charge in [-0.1, -0.05) is 49.7 Å².